The predicted molar refractivity (Wildman–Crippen MR) is 85.8 cm³/mol. The minimum Gasteiger partial charge on any atom is -0.365 e. The Bertz CT molecular complexity index is 642. The second kappa shape index (κ2) is 6.64. The summed E-state index contributed by atoms with van der Waals surface area (Å²) in [7, 11) is 1.81. The van der Waals surface area contributed by atoms with Gasteiger partial charge in [0.15, 0.2) is 5.13 Å². The predicted octanol–water partition coefficient (Wildman–Crippen LogP) is 3.21. The minimum atomic E-state index is -0.391. The first kappa shape index (κ1) is 15.4. The molecule has 1 unspecified atom stereocenters. The van der Waals surface area contributed by atoms with E-state index in [0.717, 1.165) is 27.7 Å². The molecule has 3 N–H and O–H groups in total. The maximum atomic E-state index is 10.9. The Morgan fingerprint density at radius 2 is 2.29 bits per heavy atom. The van der Waals surface area contributed by atoms with E-state index in [4.69, 9.17) is 5.73 Å². The van der Waals surface area contributed by atoms with E-state index in [1.54, 1.807) is 23.5 Å². The highest BCUT2D eigenvalue weighted by molar-refractivity contribution is 7.16. The minimum absolute atomic E-state index is 0.0731. The van der Waals surface area contributed by atoms with Crippen LogP contribution in [0.1, 0.15) is 24.1 Å². The average molecular weight is 306 g/mol. The van der Waals surface area contributed by atoms with Gasteiger partial charge in [0.2, 0.25) is 0 Å². The molecule has 1 aromatic carbocycles. The summed E-state index contributed by atoms with van der Waals surface area (Å²) in [5.41, 5.74) is 7.28. The number of benzene rings is 1. The van der Waals surface area contributed by atoms with Crippen molar-refractivity contribution in [3.63, 3.8) is 0 Å². The van der Waals surface area contributed by atoms with Gasteiger partial charge in [0, 0.05) is 29.6 Å². The number of aromatic nitrogens is 1. The van der Waals surface area contributed by atoms with Gasteiger partial charge in [-0.15, -0.1) is 11.3 Å². The van der Waals surface area contributed by atoms with Gasteiger partial charge >= 0.3 is 0 Å². The van der Waals surface area contributed by atoms with Crippen molar-refractivity contribution in [3.8, 4) is 11.3 Å². The fraction of sp³-hybridized carbons (Fsp3) is 0.357. The topological polar surface area (TPSA) is 94.1 Å². The number of non-ortho nitro benzene ring substituents is 1. The van der Waals surface area contributed by atoms with Crippen LogP contribution in [-0.2, 0) is 0 Å². The van der Waals surface area contributed by atoms with Gasteiger partial charge in [-0.3, -0.25) is 10.1 Å². The summed E-state index contributed by atoms with van der Waals surface area (Å²) >= 11 is 1.57. The monoisotopic (exact) mass is 306 g/mol. The number of nitro groups is 1. The van der Waals surface area contributed by atoms with Crippen LogP contribution < -0.4 is 11.1 Å². The maximum Gasteiger partial charge on any atom is 0.270 e. The molecule has 112 valence electrons. The number of anilines is 1. The van der Waals surface area contributed by atoms with Crippen LogP contribution >= 0.6 is 11.3 Å². The van der Waals surface area contributed by atoms with Crippen LogP contribution in [0.15, 0.2) is 24.3 Å². The van der Waals surface area contributed by atoms with Crippen LogP contribution in [0.2, 0.25) is 0 Å². The number of nitrogens with two attached hydrogens (primary N) is 1. The SMILES string of the molecule is CNc1nc(-c2cccc([N+](=O)[O-])c2)c(C(C)CCN)s1. The summed E-state index contributed by atoms with van der Waals surface area (Å²) in [6.07, 6.45) is 0.854. The molecule has 0 amide bonds. The molecule has 6 nitrogen and oxygen atoms in total. The lowest BCUT2D eigenvalue weighted by molar-refractivity contribution is -0.384. The van der Waals surface area contributed by atoms with Crippen LogP contribution in [0.4, 0.5) is 10.8 Å². The van der Waals surface area contributed by atoms with E-state index in [9.17, 15) is 10.1 Å². The first-order valence-electron chi connectivity index (χ1n) is 6.70. The average Bonchev–Trinajstić information content (AvgIpc) is 2.92. The Kier molecular flexibility index (Phi) is 4.87. The summed E-state index contributed by atoms with van der Waals surface area (Å²) in [6.45, 7) is 2.70. The molecule has 0 aliphatic rings. The van der Waals surface area contributed by atoms with Gasteiger partial charge in [-0.05, 0) is 18.9 Å². The Labute approximate surface area is 127 Å². The number of thiazole rings is 1. The van der Waals surface area contributed by atoms with Gasteiger partial charge in [-0.25, -0.2) is 4.98 Å². The number of nitro benzene ring substituents is 1. The summed E-state index contributed by atoms with van der Waals surface area (Å²) in [5, 5.41) is 14.8. The second-order valence-corrected chi connectivity index (χ2v) is 5.80. The zero-order valence-electron chi connectivity index (χ0n) is 12.0. The van der Waals surface area contributed by atoms with Gasteiger partial charge in [-0.2, -0.15) is 0 Å². The van der Waals surface area contributed by atoms with E-state index in [0.29, 0.717) is 6.54 Å². The van der Waals surface area contributed by atoms with Gasteiger partial charge in [0.25, 0.3) is 5.69 Å². The lowest BCUT2D eigenvalue weighted by atomic mass is 10.0. The van der Waals surface area contributed by atoms with Crippen LogP contribution in [-0.4, -0.2) is 23.5 Å². The first-order valence-corrected chi connectivity index (χ1v) is 7.51. The van der Waals surface area contributed by atoms with Crippen molar-refractivity contribution in [1.29, 1.82) is 0 Å². The van der Waals surface area contributed by atoms with Crippen LogP contribution in [0.5, 0.6) is 0 Å². The third-order valence-electron chi connectivity index (χ3n) is 3.24. The summed E-state index contributed by atoms with van der Waals surface area (Å²) in [4.78, 5) is 16.2. The molecule has 0 spiro atoms. The Morgan fingerprint density at radius 1 is 1.52 bits per heavy atom. The molecule has 1 atom stereocenters. The van der Waals surface area contributed by atoms with Crippen molar-refractivity contribution in [2.75, 3.05) is 18.9 Å². The van der Waals surface area contributed by atoms with Crippen LogP contribution in [0, 0.1) is 10.1 Å². The Morgan fingerprint density at radius 3 is 2.90 bits per heavy atom. The van der Waals surface area contributed by atoms with Crippen molar-refractivity contribution < 1.29 is 4.92 Å². The molecular formula is C14H18N4O2S. The highest BCUT2D eigenvalue weighted by Gasteiger charge is 2.19. The van der Waals surface area contributed by atoms with Gasteiger partial charge < -0.3 is 11.1 Å². The normalized spacial score (nSPS) is 12.1. The molecule has 0 saturated carbocycles. The number of hydrogen-bond acceptors (Lipinski definition) is 6. The molecule has 7 heteroatoms. The van der Waals surface area contributed by atoms with Crippen LogP contribution in [0.3, 0.4) is 0 Å². The molecule has 0 radical (unpaired) electrons. The smallest absolute Gasteiger partial charge is 0.270 e. The van der Waals surface area contributed by atoms with Crippen molar-refractivity contribution in [3.05, 3.63) is 39.3 Å². The molecule has 2 rings (SSSR count). The number of nitrogens with zero attached hydrogens (tertiary/aromatic N) is 2. The van der Waals surface area contributed by atoms with Gasteiger partial charge in [0.05, 0.1) is 10.6 Å². The molecule has 0 fully saturated rings. The van der Waals surface area contributed by atoms with Crippen LogP contribution in [0.25, 0.3) is 11.3 Å². The molecule has 0 saturated heterocycles. The van der Waals surface area contributed by atoms with E-state index < -0.39 is 4.92 Å². The molecule has 2 aromatic rings. The molecule has 0 aliphatic carbocycles. The number of rotatable bonds is 6. The Hall–Kier alpha value is -1.99. The van der Waals surface area contributed by atoms with Crippen molar-refractivity contribution >= 4 is 22.2 Å². The standard InChI is InChI=1S/C14H18N4O2S/c1-9(6-7-15)13-12(17-14(16-2)21-13)10-4-3-5-11(8-10)18(19)20/h3-5,8-9H,6-7,15H2,1-2H3,(H,16,17). The van der Waals surface area contributed by atoms with E-state index in [1.807, 2.05) is 13.1 Å². The fourth-order valence-corrected chi connectivity index (χ4v) is 3.15. The number of hydrogen-bond donors (Lipinski definition) is 2. The van der Waals surface area contributed by atoms with E-state index in [1.165, 1.54) is 6.07 Å². The molecule has 1 heterocycles. The maximum absolute atomic E-state index is 10.9. The molecular weight excluding hydrogens is 288 g/mol. The molecule has 0 bridgehead atoms. The largest absolute Gasteiger partial charge is 0.365 e. The van der Waals surface area contributed by atoms with E-state index in [2.05, 4.69) is 17.2 Å². The van der Waals surface area contributed by atoms with Gasteiger partial charge in [-0.1, -0.05) is 19.1 Å². The van der Waals surface area contributed by atoms with Crippen molar-refractivity contribution in [2.24, 2.45) is 5.73 Å². The van der Waals surface area contributed by atoms with Crippen molar-refractivity contribution in [2.45, 2.75) is 19.3 Å². The highest BCUT2D eigenvalue weighted by Crippen LogP contribution is 2.38. The molecule has 21 heavy (non-hydrogen) atoms. The zero-order valence-corrected chi connectivity index (χ0v) is 12.8. The van der Waals surface area contributed by atoms with E-state index >= 15 is 0 Å². The summed E-state index contributed by atoms with van der Waals surface area (Å²) in [5.74, 6) is 0.267. The first-order chi connectivity index (χ1) is 10.1. The van der Waals surface area contributed by atoms with Gasteiger partial charge in [0.1, 0.15) is 0 Å². The fourth-order valence-electron chi connectivity index (χ4n) is 2.13. The lowest BCUT2D eigenvalue weighted by Gasteiger charge is -2.09. The zero-order chi connectivity index (χ0) is 15.4. The lowest BCUT2D eigenvalue weighted by Crippen LogP contribution is -2.04. The summed E-state index contributed by atoms with van der Waals surface area (Å²) in [6, 6.07) is 6.58. The quantitative estimate of drug-likeness (QED) is 0.631. The highest BCUT2D eigenvalue weighted by atomic mass is 32.1. The summed E-state index contributed by atoms with van der Waals surface area (Å²) < 4.78 is 0. The second-order valence-electron chi connectivity index (χ2n) is 4.77. The third-order valence-corrected chi connectivity index (χ3v) is 4.55. The van der Waals surface area contributed by atoms with Crippen molar-refractivity contribution in [1.82, 2.24) is 4.98 Å². The number of nitrogens with one attached hydrogen (secondary N) is 1. The van der Waals surface area contributed by atoms with E-state index in [-0.39, 0.29) is 11.6 Å². The molecule has 1 aromatic heterocycles. The third kappa shape index (κ3) is 3.37. The Balaban J connectivity index is 2.49. The molecule has 0 aliphatic heterocycles.